The Morgan fingerprint density at radius 1 is 1.24 bits per heavy atom. The van der Waals surface area contributed by atoms with Crippen LogP contribution in [0.3, 0.4) is 0 Å². The number of ether oxygens (including phenoxy) is 1. The van der Waals surface area contributed by atoms with Crippen molar-refractivity contribution in [2.75, 3.05) is 12.8 Å². The first kappa shape index (κ1) is 14.2. The molecule has 1 fully saturated rings. The van der Waals surface area contributed by atoms with Gasteiger partial charge >= 0.3 is 7.12 Å². The minimum Gasteiger partial charge on any atom is -0.493 e. The fourth-order valence-electron chi connectivity index (χ4n) is 2.32. The normalized spacial score (nSPS) is 20.1. The Morgan fingerprint density at radius 2 is 1.86 bits per heavy atom. The number of methoxy groups -OCH3 is 1. The summed E-state index contributed by atoms with van der Waals surface area (Å²) in [7, 11) is 1.06. The van der Waals surface area contributed by atoms with Crippen LogP contribution in [-0.2, 0) is 9.31 Å². The van der Waals surface area contributed by atoms with E-state index in [1.807, 2.05) is 33.8 Å². The van der Waals surface area contributed by atoms with Crippen LogP contribution in [0.5, 0.6) is 5.75 Å². The number of nitrogens with two attached hydrogens (primary N) is 1. The zero-order valence-corrected chi connectivity index (χ0v) is 12.9. The molecule has 3 heterocycles. The van der Waals surface area contributed by atoms with Gasteiger partial charge in [0.15, 0.2) is 11.4 Å². The van der Waals surface area contributed by atoms with Crippen LogP contribution < -0.4 is 15.9 Å². The predicted molar refractivity (Wildman–Crippen MR) is 79.7 cm³/mol. The van der Waals surface area contributed by atoms with E-state index in [1.165, 1.54) is 0 Å². The maximum Gasteiger partial charge on any atom is 0.498 e. The van der Waals surface area contributed by atoms with Crippen molar-refractivity contribution in [2.45, 2.75) is 38.9 Å². The molecule has 1 aliphatic rings. The highest BCUT2D eigenvalue weighted by Crippen LogP contribution is 2.37. The third-order valence-electron chi connectivity index (χ3n) is 4.22. The SMILES string of the molecule is COc1c(B2OC(C)(C)C(C)(C)O2)ccn2nc(N)nc12. The summed E-state index contributed by atoms with van der Waals surface area (Å²) in [4.78, 5) is 4.18. The lowest BCUT2D eigenvalue weighted by molar-refractivity contribution is 0.00578. The van der Waals surface area contributed by atoms with Crippen molar-refractivity contribution in [3.63, 3.8) is 0 Å². The van der Waals surface area contributed by atoms with E-state index in [-0.39, 0.29) is 5.95 Å². The zero-order valence-electron chi connectivity index (χ0n) is 12.9. The van der Waals surface area contributed by atoms with Gasteiger partial charge in [0.2, 0.25) is 5.95 Å². The first-order chi connectivity index (χ1) is 9.75. The Kier molecular flexibility index (Phi) is 2.93. The molecule has 2 N–H and O–H groups in total. The summed E-state index contributed by atoms with van der Waals surface area (Å²) in [6, 6.07) is 1.85. The molecule has 3 rings (SSSR count). The minimum absolute atomic E-state index is 0.194. The van der Waals surface area contributed by atoms with Crippen LogP contribution in [0.2, 0.25) is 0 Å². The lowest BCUT2D eigenvalue weighted by Crippen LogP contribution is -2.41. The second-order valence-electron chi connectivity index (χ2n) is 6.13. The summed E-state index contributed by atoms with van der Waals surface area (Å²) in [5, 5.41) is 4.07. The highest BCUT2D eigenvalue weighted by Gasteiger charge is 2.52. The van der Waals surface area contributed by atoms with Crippen LogP contribution >= 0.6 is 0 Å². The number of hydrogen-bond donors (Lipinski definition) is 1. The topological polar surface area (TPSA) is 83.9 Å². The van der Waals surface area contributed by atoms with E-state index < -0.39 is 18.3 Å². The van der Waals surface area contributed by atoms with Gasteiger partial charge in [0, 0.05) is 11.7 Å². The van der Waals surface area contributed by atoms with Gasteiger partial charge in [-0.05, 0) is 33.8 Å². The molecule has 7 nitrogen and oxygen atoms in total. The van der Waals surface area contributed by atoms with Crippen LogP contribution in [-0.4, -0.2) is 40.0 Å². The minimum atomic E-state index is -0.520. The number of hydrogen-bond acceptors (Lipinski definition) is 6. The fourth-order valence-corrected chi connectivity index (χ4v) is 2.32. The van der Waals surface area contributed by atoms with Gasteiger partial charge in [0.25, 0.3) is 0 Å². The number of rotatable bonds is 2. The molecular weight excluding hydrogens is 271 g/mol. The molecule has 0 unspecified atom stereocenters. The summed E-state index contributed by atoms with van der Waals surface area (Å²) in [6.07, 6.45) is 1.77. The molecule has 0 saturated carbocycles. The van der Waals surface area contributed by atoms with E-state index in [0.29, 0.717) is 11.4 Å². The molecule has 0 atom stereocenters. The Bertz CT molecular complexity index is 682. The molecule has 1 saturated heterocycles. The zero-order chi connectivity index (χ0) is 15.4. The van der Waals surface area contributed by atoms with Crippen molar-refractivity contribution >= 4 is 24.2 Å². The van der Waals surface area contributed by atoms with E-state index >= 15 is 0 Å². The van der Waals surface area contributed by atoms with Crippen LogP contribution in [0.4, 0.5) is 5.95 Å². The number of nitrogens with zero attached hydrogens (tertiary/aromatic N) is 3. The molecule has 0 radical (unpaired) electrons. The van der Waals surface area contributed by atoms with Gasteiger partial charge in [-0.25, -0.2) is 4.52 Å². The van der Waals surface area contributed by atoms with Crippen molar-refractivity contribution in [2.24, 2.45) is 0 Å². The van der Waals surface area contributed by atoms with Crippen molar-refractivity contribution < 1.29 is 14.0 Å². The number of pyridine rings is 1. The number of aromatic nitrogens is 3. The quantitative estimate of drug-likeness (QED) is 0.816. The van der Waals surface area contributed by atoms with Crippen molar-refractivity contribution in [3.05, 3.63) is 12.3 Å². The third-order valence-corrected chi connectivity index (χ3v) is 4.22. The summed E-state index contributed by atoms with van der Waals surface area (Å²) < 4.78 is 19.2. The molecular formula is C13H19BN4O3. The monoisotopic (exact) mass is 290 g/mol. The van der Waals surface area contributed by atoms with E-state index in [9.17, 15) is 0 Å². The molecule has 2 aromatic heterocycles. The Hall–Kier alpha value is -1.80. The smallest absolute Gasteiger partial charge is 0.493 e. The molecule has 0 aliphatic carbocycles. The number of anilines is 1. The summed E-state index contributed by atoms with van der Waals surface area (Å²) in [5.74, 6) is 0.750. The second kappa shape index (κ2) is 4.35. The molecule has 0 bridgehead atoms. The summed E-state index contributed by atoms with van der Waals surface area (Å²) in [6.45, 7) is 8.03. The van der Waals surface area contributed by atoms with Gasteiger partial charge in [-0.1, -0.05) is 0 Å². The van der Waals surface area contributed by atoms with Crippen LogP contribution in [0.25, 0.3) is 5.65 Å². The lowest BCUT2D eigenvalue weighted by atomic mass is 9.79. The second-order valence-corrected chi connectivity index (χ2v) is 6.13. The maximum atomic E-state index is 6.06. The molecule has 112 valence electrons. The highest BCUT2D eigenvalue weighted by atomic mass is 16.7. The standard InChI is InChI=1S/C13H19BN4O3/c1-12(2)13(3,4)21-14(20-12)8-6-7-18-10(9(8)19-5)16-11(15)17-18/h6-7H,1-5H3,(H2,15,17). The first-order valence-corrected chi connectivity index (χ1v) is 6.79. The van der Waals surface area contributed by atoms with Gasteiger partial charge in [0.1, 0.15) is 0 Å². The van der Waals surface area contributed by atoms with Crippen LogP contribution in [0.1, 0.15) is 27.7 Å². The maximum absolute atomic E-state index is 6.06. The number of fused-ring (bicyclic) bond motifs is 1. The Labute approximate surface area is 123 Å². The third kappa shape index (κ3) is 2.06. The lowest BCUT2D eigenvalue weighted by Gasteiger charge is -2.32. The molecule has 8 heteroatoms. The van der Waals surface area contributed by atoms with Crippen LogP contribution in [0, 0.1) is 0 Å². The highest BCUT2D eigenvalue weighted by molar-refractivity contribution is 6.63. The van der Waals surface area contributed by atoms with Crippen molar-refractivity contribution in [1.82, 2.24) is 14.6 Å². The van der Waals surface area contributed by atoms with Gasteiger partial charge in [0.05, 0.1) is 18.3 Å². The summed E-state index contributed by atoms with van der Waals surface area (Å²) in [5.41, 5.74) is 6.13. The molecule has 0 amide bonds. The molecule has 0 aromatic carbocycles. The fraction of sp³-hybridized carbons (Fsp3) is 0.538. The number of nitrogen functional groups attached to an aromatic ring is 1. The van der Waals surface area contributed by atoms with Gasteiger partial charge in [-0.2, -0.15) is 4.98 Å². The van der Waals surface area contributed by atoms with Crippen molar-refractivity contribution in [3.8, 4) is 5.75 Å². The van der Waals surface area contributed by atoms with E-state index in [1.54, 1.807) is 17.8 Å². The van der Waals surface area contributed by atoms with E-state index in [0.717, 1.165) is 5.46 Å². The van der Waals surface area contributed by atoms with Crippen molar-refractivity contribution in [1.29, 1.82) is 0 Å². The Morgan fingerprint density at radius 3 is 2.43 bits per heavy atom. The first-order valence-electron chi connectivity index (χ1n) is 6.79. The predicted octanol–water partition coefficient (Wildman–Crippen LogP) is 0.619. The van der Waals surface area contributed by atoms with Gasteiger partial charge in [-0.15, -0.1) is 5.10 Å². The van der Waals surface area contributed by atoms with E-state index in [4.69, 9.17) is 19.8 Å². The van der Waals surface area contributed by atoms with Gasteiger partial charge in [-0.3, -0.25) is 0 Å². The average Bonchev–Trinajstić information content (AvgIpc) is 2.84. The van der Waals surface area contributed by atoms with E-state index in [2.05, 4.69) is 10.1 Å². The summed E-state index contributed by atoms with van der Waals surface area (Å²) >= 11 is 0. The molecule has 21 heavy (non-hydrogen) atoms. The van der Waals surface area contributed by atoms with Gasteiger partial charge < -0.3 is 19.8 Å². The van der Waals surface area contributed by atoms with Crippen LogP contribution in [0.15, 0.2) is 12.3 Å². The molecule has 1 aliphatic heterocycles. The average molecular weight is 290 g/mol. The molecule has 2 aromatic rings. The molecule has 0 spiro atoms. The Balaban J connectivity index is 2.09. The largest absolute Gasteiger partial charge is 0.498 e.